The van der Waals surface area contributed by atoms with Crippen molar-refractivity contribution in [1.29, 1.82) is 0 Å². The molecular formula is C20H19Cl2F3N2O3S. The van der Waals surface area contributed by atoms with Gasteiger partial charge in [-0.3, -0.25) is 9.52 Å². The SMILES string of the molecule is O=C(NC1CCCC(C(F)(F)F)C1)c1cccc(NS(=O)(=O)c2ccc(Cl)c(Cl)c2)c1. The van der Waals surface area contributed by atoms with E-state index in [-0.39, 0.29) is 39.0 Å². The average Bonchev–Trinajstić information content (AvgIpc) is 2.69. The Bertz CT molecular complexity index is 1080. The first kappa shape index (κ1) is 23.7. The number of anilines is 1. The van der Waals surface area contributed by atoms with E-state index >= 15 is 0 Å². The van der Waals surface area contributed by atoms with Gasteiger partial charge in [0.15, 0.2) is 0 Å². The third-order valence-corrected chi connectivity index (χ3v) is 7.17. The van der Waals surface area contributed by atoms with Crippen LogP contribution in [0.2, 0.25) is 10.0 Å². The lowest BCUT2D eigenvalue weighted by Gasteiger charge is -2.31. The minimum Gasteiger partial charge on any atom is -0.349 e. The van der Waals surface area contributed by atoms with Crippen molar-refractivity contribution >= 4 is 44.8 Å². The molecule has 2 aromatic carbocycles. The van der Waals surface area contributed by atoms with Crippen LogP contribution in [0.4, 0.5) is 18.9 Å². The summed E-state index contributed by atoms with van der Waals surface area (Å²) in [6.45, 7) is 0. The van der Waals surface area contributed by atoms with Crippen molar-refractivity contribution in [3.8, 4) is 0 Å². The van der Waals surface area contributed by atoms with Gasteiger partial charge < -0.3 is 5.32 Å². The number of halogens is 5. The molecule has 1 aliphatic carbocycles. The minimum atomic E-state index is -4.29. The van der Waals surface area contributed by atoms with Gasteiger partial charge in [-0.2, -0.15) is 13.2 Å². The summed E-state index contributed by atoms with van der Waals surface area (Å²) in [5.41, 5.74) is 0.249. The third kappa shape index (κ3) is 6.05. The summed E-state index contributed by atoms with van der Waals surface area (Å²) in [7, 11) is -4.00. The summed E-state index contributed by atoms with van der Waals surface area (Å²) in [4.78, 5) is 12.4. The van der Waals surface area contributed by atoms with E-state index in [0.717, 1.165) is 0 Å². The smallest absolute Gasteiger partial charge is 0.349 e. The molecule has 1 aliphatic rings. The molecule has 1 amide bonds. The van der Waals surface area contributed by atoms with Gasteiger partial charge in [0.25, 0.3) is 15.9 Å². The summed E-state index contributed by atoms with van der Waals surface area (Å²) in [6, 6.07) is 8.93. The van der Waals surface area contributed by atoms with Crippen molar-refractivity contribution in [3.63, 3.8) is 0 Å². The lowest BCUT2D eigenvalue weighted by molar-refractivity contribution is -0.183. The molecular weight excluding hydrogens is 476 g/mol. The normalized spacial score (nSPS) is 19.6. The maximum atomic E-state index is 13.0. The number of hydrogen-bond acceptors (Lipinski definition) is 3. The first-order valence-corrected chi connectivity index (χ1v) is 11.6. The highest BCUT2D eigenvalue weighted by Crippen LogP contribution is 2.37. The molecule has 2 atom stereocenters. The molecule has 11 heteroatoms. The van der Waals surface area contributed by atoms with Crippen LogP contribution in [0.3, 0.4) is 0 Å². The number of rotatable bonds is 5. The number of sulfonamides is 1. The van der Waals surface area contributed by atoms with Crippen LogP contribution in [0, 0.1) is 5.92 Å². The molecule has 168 valence electrons. The quantitative estimate of drug-likeness (QED) is 0.564. The molecule has 5 nitrogen and oxygen atoms in total. The maximum Gasteiger partial charge on any atom is 0.391 e. The average molecular weight is 495 g/mol. The van der Waals surface area contributed by atoms with Crippen molar-refractivity contribution < 1.29 is 26.4 Å². The lowest BCUT2D eigenvalue weighted by Crippen LogP contribution is -2.41. The Morgan fingerprint density at radius 2 is 1.77 bits per heavy atom. The Hall–Kier alpha value is -1.97. The van der Waals surface area contributed by atoms with Crippen molar-refractivity contribution in [3.05, 3.63) is 58.1 Å². The number of alkyl halides is 3. The number of hydrogen-bond donors (Lipinski definition) is 2. The number of amides is 1. The second kappa shape index (κ2) is 9.26. The molecule has 1 saturated carbocycles. The molecule has 0 saturated heterocycles. The molecule has 31 heavy (non-hydrogen) atoms. The topological polar surface area (TPSA) is 75.3 Å². The van der Waals surface area contributed by atoms with E-state index in [1.807, 2.05) is 0 Å². The monoisotopic (exact) mass is 494 g/mol. The zero-order chi connectivity index (χ0) is 22.8. The molecule has 0 heterocycles. The first-order chi connectivity index (χ1) is 14.5. The van der Waals surface area contributed by atoms with Crippen LogP contribution in [0.1, 0.15) is 36.0 Å². The van der Waals surface area contributed by atoms with Crippen LogP contribution < -0.4 is 10.0 Å². The minimum absolute atomic E-state index is 0.0574. The second-order valence-corrected chi connectivity index (χ2v) is 9.83. The molecule has 3 rings (SSSR count). The second-order valence-electron chi connectivity index (χ2n) is 7.34. The highest BCUT2D eigenvalue weighted by atomic mass is 35.5. The largest absolute Gasteiger partial charge is 0.391 e. The predicted molar refractivity (Wildman–Crippen MR) is 113 cm³/mol. The van der Waals surface area contributed by atoms with Crippen molar-refractivity contribution in [2.45, 2.75) is 42.8 Å². The number of carbonyl (C=O) groups excluding carboxylic acids is 1. The number of carbonyl (C=O) groups is 1. The zero-order valence-corrected chi connectivity index (χ0v) is 18.4. The Balaban J connectivity index is 1.71. The zero-order valence-electron chi connectivity index (χ0n) is 16.0. The van der Waals surface area contributed by atoms with Gasteiger partial charge in [-0.05, 0) is 55.7 Å². The lowest BCUT2D eigenvalue weighted by atomic mass is 9.85. The number of benzene rings is 2. The van der Waals surface area contributed by atoms with Gasteiger partial charge in [0, 0.05) is 17.3 Å². The highest BCUT2D eigenvalue weighted by molar-refractivity contribution is 7.92. The fourth-order valence-electron chi connectivity index (χ4n) is 3.47. The highest BCUT2D eigenvalue weighted by Gasteiger charge is 2.42. The van der Waals surface area contributed by atoms with E-state index in [0.29, 0.717) is 12.8 Å². The predicted octanol–water partition coefficient (Wildman–Crippen LogP) is 5.65. The van der Waals surface area contributed by atoms with Gasteiger partial charge in [-0.15, -0.1) is 0 Å². The molecule has 1 fully saturated rings. The summed E-state index contributed by atoms with van der Waals surface area (Å²) < 4.78 is 66.4. The fourth-order valence-corrected chi connectivity index (χ4v) is 4.91. The Morgan fingerprint density at radius 3 is 2.45 bits per heavy atom. The van der Waals surface area contributed by atoms with Gasteiger partial charge in [0.1, 0.15) is 0 Å². The molecule has 2 N–H and O–H groups in total. The van der Waals surface area contributed by atoms with Crippen molar-refractivity contribution in [1.82, 2.24) is 5.32 Å². The van der Waals surface area contributed by atoms with Crippen LogP contribution in [0.25, 0.3) is 0 Å². The van der Waals surface area contributed by atoms with E-state index in [2.05, 4.69) is 10.0 Å². The van der Waals surface area contributed by atoms with Crippen LogP contribution in [0.15, 0.2) is 47.4 Å². The van der Waals surface area contributed by atoms with Crippen LogP contribution in [0.5, 0.6) is 0 Å². The Kier molecular flexibility index (Phi) is 7.08. The summed E-state index contributed by atoms with van der Waals surface area (Å²) in [5.74, 6) is -2.00. The van der Waals surface area contributed by atoms with E-state index in [9.17, 15) is 26.4 Å². The summed E-state index contributed by atoms with van der Waals surface area (Å²) in [5, 5.41) is 2.90. The van der Waals surface area contributed by atoms with E-state index in [1.54, 1.807) is 0 Å². The van der Waals surface area contributed by atoms with Crippen LogP contribution >= 0.6 is 23.2 Å². The van der Waals surface area contributed by atoms with Crippen LogP contribution in [-0.4, -0.2) is 26.5 Å². The van der Waals surface area contributed by atoms with E-state index in [1.165, 1.54) is 42.5 Å². The van der Waals surface area contributed by atoms with Gasteiger partial charge in [0.2, 0.25) is 0 Å². The van der Waals surface area contributed by atoms with Crippen LogP contribution in [-0.2, 0) is 10.0 Å². The van der Waals surface area contributed by atoms with Gasteiger partial charge in [-0.25, -0.2) is 8.42 Å². The molecule has 0 aromatic heterocycles. The molecule has 0 bridgehead atoms. The van der Waals surface area contributed by atoms with Gasteiger partial charge in [0.05, 0.1) is 20.9 Å². The van der Waals surface area contributed by atoms with Gasteiger partial charge in [-0.1, -0.05) is 35.7 Å². The van der Waals surface area contributed by atoms with Crippen molar-refractivity contribution in [2.75, 3.05) is 4.72 Å². The molecule has 0 radical (unpaired) electrons. The standard InChI is InChI=1S/C20H19Cl2F3N2O3S/c21-17-8-7-16(11-18(17)22)31(29,30)27-15-6-1-3-12(9-15)19(28)26-14-5-2-4-13(10-14)20(23,24)25/h1,3,6-9,11,13-14,27H,2,4-5,10H2,(H,26,28). The fraction of sp³-hybridized carbons (Fsp3) is 0.350. The molecule has 0 spiro atoms. The van der Waals surface area contributed by atoms with Gasteiger partial charge >= 0.3 is 6.18 Å². The summed E-state index contributed by atoms with van der Waals surface area (Å²) >= 11 is 11.7. The maximum absolute atomic E-state index is 13.0. The molecule has 0 aliphatic heterocycles. The van der Waals surface area contributed by atoms with E-state index in [4.69, 9.17) is 23.2 Å². The third-order valence-electron chi connectivity index (χ3n) is 5.05. The summed E-state index contributed by atoms with van der Waals surface area (Å²) in [6.07, 6.45) is -3.56. The van der Waals surface area contributed by atoms with E-state index < -0.39 is 34.1 Å². The first-order valence-electron chi connectivity index (χ1n) is 9.41. The van der Waals surface area contributed by atoms with Crippen molar-refractivity contribution in [2.24, 2.45) is 5.92 Å². The number of nitrogens with one attached hydrogen (secondary N) is 2. The Labute approximate surface area is 188 Å². The molecule has 2 unspecified atom stereocenters. The Morgan fingerprint density at radius 1 is 1.03 bits per heavy atom. The molecule has 2 aromatic rings.